The van der Waals surface area contributed by atoms with Crippen LogP contribution >= 0.6 is 11.3 Å². The number of likely N-dealkylation sites (tertiary alicyclic amines) is 1. The molecular formula is C24H23FN2O3S. The maximum Gasteiger partial charge on any atom is 0.229 e. The summed E-state index contributed by atoms with van der Waals surface area (Å²) in [4.78, 5) is 19.7. The number of carbonyl (C=O) groups excluding carboxylic acids is 1. The van der Waals surface area contributed by atoms with Crippen molar-refractivity contribution in [3.05, 3.63) is 64.9 Å². The lowest BCUT2D eigenvalue weighted by atomic mass is 10.0. The molecule has 0 aliphatic carbocycles. The van der Waals surface area contributed by atoms with Crippen LogP contribution in [0.3, 0.4) is 0 Å². The van der Waals surface area contributed by atoms with Gasteiger partial charge in [-0.05, 0) is 54.8 Å². The first kappa shape index (κ1) is 20.0. The molecule has 2 aliphatic rings. The van der Waals surface area contributed by atoms with E-state index in [1.807, 2.05) is 28.5 Å². The number of benzene rings is 2. The van der Waals surface area contributed by atoms with Crippen molar-refractivity contribution in [2.24, 2.45) is 0 Å². The summed E-state index contributed by atoms with van der Waals surface area (Å²) in [6.07, 6.45) is 3.04. The molecule has 1 fully saturated rings. The molecule has 5 nitrogen and oxygen atoms in total. The van der Waals surface area contributed by atoms with E-state index < -0.39 is 0 Å². The van der Waals surface area contributed by atoms with Gasteiger partial charge in [0, 0.05) is 23.9 Å². The SMILES string of the molecule is O=C(Cc1csc(-c2ccc(F)cc2)n1)N1CCCC1c1ccc2c(c1)OCCCO2. The zero-order valence-electron chi connectivity index (χ0n) is 17.1. The summed E-state index contributed by atoms with van der Waals surface area (Å²) in [5, 5.41) is 2.71. The lowest BCUT2D eigenvalue weighted by Crippen LogP contribution is -2.31. The quantitative estimate of drug-likeness (QED) is 0.574. The Morgan fingerprint density at radius 2 is 1.90 bits per heavy atom. The summed E-state index contributed by atoms with van der Waals surface area (Å²) >= 11 is 1.47. The second-order valence-electron chi connectivity index (χ2n) is 7.83. The van der Waals surface area contributed by atoms with Gasteiger partial charge in [-0.15, -0.1) is 11.3 Å². The van der Waals surface area contributed by atoms with Crippen LogP contribution in [-0.4, -0.2) is 35.5 Å². The Morgan fingerprint density at radius 1 is 1.10 bits per heavy atom. The Morgan fingerprint density at radius 3 is 2.74 bits per heavy atom. The highest BCUT2D eigenvalue weighted by molar-refractivity contribution is 7.13. The molecule has 0 N–H and O–H groups in total. The standard InChI is InChI=1S/C24H23FN2O3S/c25-18-7-4-16(5-8-18)24-26-19(15-31-24)14-23(28)27-10-1-3-20(27)17-6-9-21-22(13-17)30-12-2-11-29-21/h4-9,13,15,20H,1-3,10-12,14H2. The molecule has 0 bridgehead atoms. The predicted octanol–water partition coefficient (Wildman–Crippen LogP) is 5.02. The summed E-state index contributed by atoms with van der Waals surface area (Å²) < 4.78 is 24.7. The predicted molar refractivity (Wildman–Crippen MR) is 117 cm³/mol. The first-order valence-electron chi connectivity index (χ1n) is 10.6. The van der Waals surface area contributed by atoms with Crippen molar-refractivity contribution < 1.29 is 18.7 Å². The topological polar surface area (TPSA) is 51.7 Å². The van der Waals surface area contributed by atoms with E-state index in [-0.39, 0.29) is 24.2 Å². The van der Waals surface area contributed by atoms with Gasteiger partial charge in [-0.2, -0.15) is 0 Å². The fourth-order valence-electron chi connectivity index (χ4n) is 4.17. The molecule has 2 aliphatic heterocycles. The van der Waals surface area contributed by atoms with Gasteiger partial charge < -0.3 is 14.4 Å². The van der Waals surface area contributed by atoms with Crippen molar-refractivity contribution in [1.82, 2.24) is 9.88 Å². The molecule has 1 unspecified atom stereocenters. The Balaban J connectivity index is 1.30. The first-order chi connectivity index (χ1) is 15.2. The minimum atomic E-state index is -0.273. The van der Waals surface area contributed by atoms with Gasteiger partial charge in [0.2, 0.25) is 5.91 Å². The van der Waals surface area contributed by atoms with E-state index in [1.54, 1.807) is 12.1 Å². The van der Waals surface area contributed by atoms with E-state index in [1.165, 1.54) is 23.5 Å². The third kappa shape index (κ3) is 4.28. The van der Waals surface area contributed by atoms with Crippen molar-refractivity contribution in [2.45, 2.75) is 31.7 Å². The Kier molecular flexibility index (Phi) is 5.59. The molecule has 2 aromatic carbocycles. The number of halogens is 1. The van der Waals surface area contributed by atoms with E-state index in [2.05, 4.69) is 4.98 Å². The van der Waals surface area contributed by atoms with Crippen LogP contribution in [0.2, 0.25) is 0 Å². The number of rotatable bonds is 4. The van der Waals surface area contributed by atoms with Gasteiger partial charge >= 0.3 is 0 Å². The third-order valence-corrected chi connectivity index (χ3v) is 6.64. The van der Waals surface area contributed by atoms with Crippen LogP contribution in [0.5, 0.6) is 11.5 Å². The number of hydrogen-bond donors (Lipinski definition) is 0. The Bertz CT molecular complexity index is 1080. The number of hydrogen-bond acceptors (Lipinski definition) is 5. The number of carbonyl (C=O) groups is 1. The lowest BCUT2D eigenvalue weighted by Gasteiger charge is -2.25. The highest BCUT2D eigenvalue weighted by atomic mass is 32.1. The molecule has 0 saturated carbocycles. The smallest absolute Gasteiger partial charge is 0.229 e. The first-order valence-corrected chi connectivity index (χ1v) is 11.4. The number of aromatic nitrogens is 1. The van der Waals surface area contributed by atoms with Gasteiger partial charge in [-0.1, -0.05) is 6.07 Å². The van der Waals surface area contributed by atoms with Gasteiger partial charge in [-0.3, -0.25) is 4.79 Å². The van der Waals surface area contributed by atoms with Crippen molar-refractivity contribution in [3.8, 4) is 22.1 Å². The molecule has 3 heterocycles. The van der Waals surface area contributed by atoms with Crippen LogP contribution in [0, 0.1) is 5.82 Å². The number of thiazole rings is 1. The average molecular weight is 439 g/mol. The van der Waals surface area contributed by atoms with Crippen molar-refractivity contribution in [2.75, 3.05) is 19.8 Å². The highest BCUT2D eigenvalue weighted by Gasteiger charge is 2.31. The summed E-state index contributed by atoms with van der Waals surface area (Å²) in [6.45, 7) is 2.05. The molecule has 160 valence electrons. The van der Waals surface area contributed by atoms with Crippen LogP contribution in [0.15, 0.2) is 47.8 Å². The number of fused-ring (bicyclic) bond motifs is 1. The van der Waals surface area contributed by atoms with E-state index in [0.29, 0.717) is 13.2 Å². The summed E-state index contributed by atoms with van der Waals surface area (Å²) in [5.41, 5.74) is 2.69. The van der Waals surface area contributed by atoms with Gasteiger partial charge in [-0.25, -0.2) is 9.37 Å². The zero-order chi connectivity index (χ0) is 21.2. The molecule has 1 saturated heterocycles. The number of ether oxygens (including phenoxy) is 2. The van der Waals surface area contributed by atoms with Crippen molar-refractivity contribution in [1.29, 1.82) is 0 Å². The summed E-state index contributed by atoms with van der Waals surface area (Å²) in [5.74, 6) is 1.33. The molecular weight excluding hydrogens is 415 g/mol. The van der Waals surface area contributed by atoms with E-state index in [4.69, 9.17) is 9.47 Å². The van der Waals surface area contributed by atoms with E-state index in [9.17, 15) is 9.18 Å². The average Bonchev–Trinajstić information content (AvgIpc) is 3.39. The minimum absolute atomic E-state index is 0.0415. The molecule has 5 rings (SSSR count). The van der Waals surface area contributed by atoms with E-state index >= 15 is 0 Å². The second kappa shape index (κ2) is 8.67. The minimum Gasteiger partial charge on any atom is -0.490 e. The number of nitrogens with zero attached hydrogens (tertiary/aromatic N) is 2. The Labute approximate surface area is 184 Å². The molecule has 7 heteroatoms. The van der Waals surface area contributed by atoms with Crippen LogP contribution in [0.25, 0.3) is 10.6 Å². The zero-order valence-corrected chi connectivity index (χ0v) is 17.9. The molecule has 1 amide bonds. The highest BCUT2D eigenvalue weighted by Crippen LogP contribution is 2.38. The van der Waals surface area contributed by atoms with Crippen LogP contribution in [-0.2, 0) is 11.2 Å². The largest absolute Gasteiger partial charge is 0.490 e. The van der Waals surface area contributed by atoms with Crippen molar-refractivity contribution >= 4 is 17.2 Å². The van der Waals surface area contributed by atoms with Gasteiger partial charge in [0.15, 0.2) is 11.5 Å². The second-order valence-corrected chi connectivity index (χ2v) is 8.69. The van der Waals surface area contributed by atoms with Gasteiger partial charge in [0.1, 0.15) is 10.8 Å². The monoisotopic (exact) mass is 438 g/mol. The fraction of sp³-hybridized carbons (Fsp3) is 0.333. The molecule has 1 atom stereocenters. The molecule has 0 radical (unpaired) electrons. The molecule has 1 aromatic heterocycles. The lowest BCUT2D eigenvalue weighted by molar-refractivity contribution is -0.131. The maximum absolute atomic E-state index is 13.2. The Hall–Kier alpha value is -2.93. The van der Waals surface area contributed by atoms with Gasteiger partial charge in [0.05, 0.1) is 31.4 Å². The van der Waals surface area contributed by atoms with Gasteiger partial charge in [0.25, 0.3) is 0 Å². The van der Waals surface area contributed by atoms with Crippen LogP contribution in [0.4, 0.5) is 4.39 Å². The normalized spacial score (nSPS) is 18.1. The van der Waals surface area contributed by atoms with Crippen LogP contribution in [0.1, 0.15) is 36.6 Å². The van der Waals surface area contributed by atoms with Crippen molar-refractivity contribution in [3.63, 3.8) is 0 Å². The maximum atomic E-state index is 13.2. The number of amides is 1. The summed E-state index contributed by atoms with van der Waals surface area (Å²) in [7, 11) is 0. The van der Waals surface area contributed by atoms with E-state index in [0.717, 1.165) is 59.1 Å². The fourth-order valence-corrected chi connectivity index (χ4v) is 4.99. The summed E-state index contributed by atoms with van der Waals surface area (Å²) in [6, 6.07) is 12.3. The molecule has 31 heavy (non-hydrogen) atoms. The third-order valence-electron chi connectivity index (χ3n) is 5.70. The molecule has 0 spiro atoms. The molecule has 3 aromatic rings. The van der Waals surface area contributed by atoms with Crippen LogP contribution < -0.4 is 9.47 Å².